The van der Waals surface area contributed by atoms with Gasteiger partial charge in [-0.15, -0.1) is 0 Å². The van der Waals surface area contributed by atoms with Crippen molar-refractivity contribution >= 4 is 5.91 Å². The van der Waals surface area contributed by atoms with E-state index in [0.29, 0.717) is 6.42 Å². The fourth-order valence-corrected chi connectivity index (χ4v) is 1.79. The normalized spacial score (nSPS) is 10.5. The Morgan fingerprint density at radius 1 is 0.941 bits per heavy atom. The second kappa shape index (κ2) is 11.9. The van der Waals surface area contributed by atoms with E-state index in [4.69, 9.17) is 4.74 Å². The standard InChI is InChI=1S/C14H29NO2/c1-4-7-8-9-12-17-13-10-11-14(16)15(5-2)6-3/h4-13H2,1-3H3. The van der Waals surface area contributed by atoms with Gasteiger partial charge < -0.3 is 9.64 Å². The third-order valence-electron chi connectivity index (χ3n) is 2.94. The predicted octanol–water partition coefficient (Wildman–Crippen LogP) is 3.23. The van der Waals surface area contributed by atoms with Crippen LogP contribution in [0, 0.1) is 0 Å². The van der Waals surface area contributed by atoms with Crippen LogP contribution in [0.3, 0.4) is 0 Å². The molecular weight excluding hydrogens is 214 g/mol. The lowest BCUT2D eigenvalue weighted by Gasteiger charge is -2.18. The number of amides is 1. The minimum absolute atomic E-state index is 0.254. The molecule has 0 rings (SSSR count). The van der Waals surface area contributed by atoms with E-state index in [9.17, 15) is 4.79 Å². The van der Waals surface area contributed by atoms with Crippen LogP contribution in [-0.4, -0.2) is 37.1 Å². The van der Waals surface area contributed by atoms with Crippen LogP contribution in [0.25, 0.3) is 0 Å². The molecule has 0 atom stereocenters. The van der Waals surface area contributed by atoms with E-state index < -0.39 is 0 Å². The molecule has 0 saturated heterocycles. The monoisotopic (exact) mass is 243 g/mol. The second-order valence-electron chi connectivity index (χ2n) is 4.34. The molecule has 0 unspecified atom stereocenters. The minimum atomic E-state index is 0.254. The Morgan fingerprint density at radius 2 is 1.59 bits per heavy atom. The molecule has 0 aromatic heterocycles. The van der Waals surface area contributed by atoms with Crippen molar-refractivity contribution in [2.24, 2.45) is 0 Å². The maximum atomic E-state index is 11.6. The average molecular weight is 243 g/mol. The smallest absolute Gasteiger partial charge is 0.222 e. The van der Waals surface area contributed by atoms with Crippen LogP contribution in [0.4, 0.5) is 0 Å². The summed E-state index contributed by atoms with van der Waals surface area (Å²) in [5.74, 6) is 0.254. The molecule has 17 heavy (non-hydrogen) atoms. The Balaban J connectivity index is 3.30. The molecule has 0 fully saturated rings. The number of unbranched alkanes of at least 4 members (excludes halogenated alkanes) is 3. The number of rotatable bonds is 11. The van der Waals surface area contributed by atoms with E-state index in [1.807, 2.05) is 18.7 Å². The van der Waals surface area contributed by atoms with E-state index in [1.54, 1.807) is 0 Å². The van der Waals surface area contributed by atoms with Gasteiger partial charge in [-0.25, -0.2) is 0 Å². The van der Waals surface area contributed by atoms with Crippen LogP contribution in [-0.2, 0) is 9.53 Å². The summed E-state index contributed by atoms with van der Waals surface area (Å²) in [4.78, 5) is 13.5. The lowest BCUT2D eigenvalue weighted by atomic mass is 10.2. The Kier molecular flexibility index (Phi) is 11.5. The molecule has 3 nitrogen and oxygen atoms in total. The predicted molar refractivity (Wildman–Crippen MR) is 72.1 cm³/mol. The van der Waals surface area contributed by atoms with Gasteiger partial charge in [0.25, 0.3) is 0 Å². The van der Waals surface area contributed by atoms with E-state index in [2.05, 4.69) is 6.92 Å². The Morgan fingerprint density at radius 3 is 2.18 bits per heavy atom. The fraction of sp³-hybridized carbons (Fsp3) is 0.929. The van der Waals surface area contributed by atoms with Gasteiger partial charge in [-0.1, -0.05) is 26.2 Å². The first-order valence-corrected chi connectivity index (χ1v) is 7.11. The van der Waals surface area contributed by atoms with Crippen LogP contribution in [0.2, 0.25) is 0 Å². The highest BCUT2D eigenvalue weighted by Gasteiger charge is 2.08. The maximum Gasteiger partial charge on any atom is 0.222 e. The molecule has 0 radical (unpaired) electrons. The molecule has 0 bridgehead atoms. The van der Waals surface area contributed by atoms with Gasteiger partial charge in [0, 0.05) is 32.7 Å². The summed E-state index contributed by atoms with van der Waals surface area (Å²) < 4.78 is 5.51. The largest absolute Gasteiger partial charge is 0.381 e. The second-order valence-corrected chi connectivity index (χ2v) is 4.34. The minimum Gasteiger partial charge on any atom is -0.381 e. The third kappa shape index (κ3) is 9.16. The molecule has 3 heteroatoms. The van der Waals surface area contributed by atoms with Crippen LogP contribution in [0.15, 0.2) is 0 Å². The van der Waals surface area contributed by atoms with Gasteiger partial charge in [-0.2, -0.15) is 0 Å². The third-order valence-corrected chi connectivity index (χ3v) is 2.94. The summed E-state index contributed by atoms with van der Waals surface area (Å²) in [7, 11) is 0. The number of nitrogens with zero attached hydrogens (tertiary/aromatic N) is 1. The summed E-state index contributed by atoms with van der Waals surface area (Å²) in [5, 5.41) is 0. The quantitative estimate of drug-likeness (QED) is 0.521. The zero-order chi connectivity index (χ0) is 12.9. The number of hydrogen-bond acceptors (Lipinski definition) is 2. The number of carbonyl (C=O) groups is 1. The maximum absolute atomic E-state index is 11.6. The van der Waals surface area contributed by atoms with E-state index in [-0.39, 0.29) is 5.91 Å². The summed E-state index contributed by atoms with van der Waals surface area (Å²) in [6.07, 6.45) is 6.44. The number of hydrogen-bond donors (Lipinski definition) is 0. The zero-order valence-electron chi connectivity index (χ0n) is 11.8. The van der Waals surface area contributed by atoms with Crippen molar-refractivity contribution in [1.29, 1.82) is 0 Å². The first-order chi connectivity index (χ1) is 8.26. The fourth-order valence-electron chi connectivity index (χ4n) is 1.79. The van der Waals surface area contributed by atoms with Crippen molar-refractivity contribution in [3.63, 3.8) is 0 Å². The van der Waals surface area contributed by atoms with E-state index in [1.165, 1.54) is 19.3 Å². The van der Waals surface area contributed by atoms with Crippen molar-refractivity contribution in [2.75, 3.05) is 26.3 Å². The van der Waals surface area contributed by atoms with E-state index >= 15 is 0 Å². The van der Waals surface area contributed by atoms with Gasteiger partial charge in [-0.3, -0.25) is 4.79 Å². The molecule has 0 N–H and O–H groups in total. The van der Waals surface area contributed by atoms with Crippen molar-refractivity contribution < 1.29 is 9.53 Å². The molecule has 0 spiro atoms. The zero-order valence-corrected chi connectivity index (χ0v) is 11.8. The lowest BCUT2D eigenvalue weighted by molar-refractivity contribution is -0.131. The Bertz CT molecular complexity index is 179. The van der Waals surface area contributed by atoms with Gasteiger partial charge >= 0.3 is 0 Å². The van der Waals surface area contributed by atoms with Gasteiger partial charge in [0.15, 0.2) is 0 Å². The molecule has 0 heterocycles. The summed E-state index contributed by atoms with van der Waals surface area (Å²) >= 11 is 0. The van der Waals surface area contributed by atoms with Gasteiger partial charge in [0.05, 0.1) is 0 Å². The van der Waals surface area contributed by atoms with Gasteiger partial charge in [-0.05, 0) is 26.7 Å². The molecular formula is C14H29NO2. The summed E-state index contributed by atoms with van der Waals surface area (Å²) in [6.45, 7) is 9.44. The molecule has 0 aromatic carbocycles. The van der Waals surface area contributed by atoms with Crippen molar-refractivity contribution in [3.05, 3.63) is 0 Å². The number of ether oxygens (including phenoxy) is 1. The Labute approximate surface area is 107 Å². The van der Waals surface area contributed by atoms with Gasteiger partial charge in [0.2, 0.25) is 5.91 Å². The van der Waals surface area contributed by atoms with Crippen molar-refractivity contribution in [2.45, 2.75) is 59.3 Å². The van der Waals surface area contributed by atoms with E-state index in [0.717, 1.165) is 39.1 Å². The van der Waals surface area contributed by atoms with Crippen LogP contribution >= 0.6 is 0 Å². The molecule has 0 aliphatic heterocycles. The lowest BCUT2D eigenvalue weighted by Crippen LogP contribution is -2.30. The summed E-state index contributed by atoms with van der Waals surface area (Å²) in [6, 6.07) is 0. The number of carbonyl (C=O) groups excluding carboxylic acids is 1. The van der Waals surface area contributed by atoms with Crippen LogP contribution in [0.1, 0.15) is 59.3 Å². The summed E-state index contributed by atoms with van der Waals surface area (Å²) in [5.41, 5.74) is 0. The topological polar surface area (TPSA) is 29.5 Å². The molecule has 0 saturated carbocycles. The molecule has 0 aliphatic carbocycles. The highest BCUT2D eigenvalue weighted by atomic mass is 16.5. The average Bonchev–Trinajstić information content (AvgIpc) is 2.34. The molecule has 0 aliphatic rings. The highest BCUT2D eigenvalue weighted by Crippen LogP contribution is 2.01. The molecule has 0 aromatic rings. The van der Waals surface area contributed by atoms with Crippen LogP contribution in [0.5, 0.6) is 0 Å². The highest BCUT2D eigenvalue weighted by molar-refractivity contribution is 5.76. The first-order valence-electron chi connectivity index (χ1n) is 7.11. The van der Waals surface area contributed by atoms with Crippen molar-refractivity contribution in [3.8, 4) is 0 Å². The molecule has 1 amide bonds. The SMILES string of the molecule is CCCCCCOCCCC(=O)N(CC)CC. The first kappa shape index (κ1) is 16.4. The van der Waals surface area contributed by atoms with Crippen LogP contribution < -0.4 is 0 Å². The van der Waals surface area contributed by atoms with Gasteiger partial charge in [0.1, 0.15) is 0 Å². The van der Waals surface area contributed by atoms with Crippen molar-refractivity contribution in [1.82, 2.24) is 4.90 Å². The molecule has 102 valence electrons. The Hall–Kier alpha value is -0.570.